The number of guanidine groups is 1. The highest BCUT2D eigenvalue weighted by Crippen LogP contribution is 2.33. The van der Waals surface area contributed by atoms with Crippen LogP contribution in [0, 0.1) is 19.8 Å². The summed E-state index contributed by atoms with van der Waals surface area (Å²) in [6.45, 7) is 6.28. The van der Waals surface area contributed by atoms with E-state index >= 15 is 0 Å². The van der Waals surface area contributed by atoms with Gasteiger partial charge in [0.2, 0.25) is 0 Å². The van der Waals surface area contributed by atoms with Crippen LogP contribution in [0.25, 0.3) is 0 Å². The Morgan fingerprint density at radius 2 is 1.96 bits per heavy atom. The van der Waals surface area contributed by atoms with Crippen molar-refractivity contribution in [1.82, 2.24) is 25.4 Å². The molecule has 2 atom stereocenters. The van der Waals surface area contributed by atoms with E-state index in [1.807, 2.05) is 18.5 Å². The molecule has 0 amide bonds. The Morgan fingerprint density at radius 3 is 2.61 bits per heavy atom. The molecular weight excluding hydrogens is 467 g/mol. The summed E-state index contributed by atoms with van der Waals surface area (Å²) < 4.78 is 8.08. The minimum Gasteiger partial charge on any atom is -0.373 e. The van der Waals surface area contributed by atoms with Gasteiger partial charge in [-0.1, -0.05) is 29.8 Å². The predicted octanol–water partition coefficient (Wildman–Crippen LogP) is 2.88. The van der Waals surface area contributed by atoms with Gasteiger partial charge in [-0.05, 0) is 32.3 Å². The van der Waals surface area contributed by atoms with Gasteiger partial charge < -0.3 is 19.9 Å². The second-order valence-corrected chi connectivity index (χ2v) is 7.13. The molecule has 0 aliphatic carbocycles. The largest absolute Gasteiger partial charge is 0.373 e. The van der Waals surface area contributed by atoms with E-state index in [9.17, 15) is 0 Å². The van der Waals surface area contributed by atoms with Gasteiger partial charge in [0.25, 0.3) is 0 Å². The van der Waals surface area contributed by atoms with Crippen molar-refractivity contribution in [2.24, 2.45) is 18.0 Å². The van der Waals surface area contributed by atoms with Crippen molar-refractivity contribution in [3.05, 3.63) is 47.0 Å². The minimum absolute atomic E-state index is 0. The molecule has 1 aromatic carbocycles. The fourth-order valence-electron chi connectivity index (χ4n) is 3.39. The minimum atomic E-state index is 0. The van der Waals surface area contributed by atoms with Crippen molar-refractivity contribution < 1.29 is 4.74 Å². The summed E-state index contributed by atoms with van der Waals surface area (Å²) in [6, 6.07) is 8.67. The summed E-state index contributed by atoms with van der Waals surface area (Å²) >= 11 is 0. The van der Waals surface area contributed by atoms with Crippen molar-refractivity contribution in [3.8, 4) is 0 Å². The van der Waals surface area contributed by atoms with Gasteiger partial charge >= 0.3 is 0 Å². The first-order valence-corrected chi connectivity index (χ1v) is 9.56. The van der Waals surface area contributed by atoms with Gasteiger partial charge in [-0.3, -0.25) is 4.99 Å². The molecule has 2 N–H and O–H groups in total. The van der Waals surface area contributed by atoms with Crippen molar-refractivity contribution >= 4 is 29.9 Å². The average molecular weight is 498 g/mol. The molecule has 3 rings (SSSR count). The molecule has 0 radical (unpaired) electrons. The van der Waals surface area contributed by atoms with Gasteiger partial charge in [0.05, 0.1) is 12.6 Å². The third-order valence-electron chi connectivity index (χ3n) is 5.20. The average Bonchev–Trinajstić information content (AvgIpc) is 3.01. The molecule has 7 nitrogen and oxygen atoms in total. The summed E-state index contributed by atoms with van der Waals surface area (Å²) in [5.41, 5.74) is 2.53. The maximum atomic E-state index is 6.11. The zero-order valence-corrected chi connectivity index (χ0v) is 19.4. The highest BCUT2D eigenvalue weighted by atomic mass is 127. The number of nitrogens with one attached hydrogen (secondary N) is 2. The normalized spacial score (nSPS) is 19.8. The molecule has 1 saturated heterocycles. The van der Waals surface area contributed by atoms with Gasteiger partial charge in [-0.15, -0.1) is 34.2 Å². The standard InChI is InChI=1S/C20H30N6O.HI/c1-14-7-9-16(10-8-14)19-17(6-5-11-27-19)12-22-20(21-3)23-13-18-25-24-15(2)26(18)4;/h7-10,17,19H,5-6,11-13H2,1-4H3,(H2,21,22,23);1H. The van der Waals surface area contributed by atoms with Gasteiger partial charge in [0, 0.05) is 33.2 Å². The Hall–Kier alpha value is -1.68. The quantitative estimate of drug-likeness (QED) is 0.377. The van der Waals surface area contributed by atoms with Crippen LogP contribution in [0.3, 0.4) is 0 Å². The lowest BCUT2D eigenvalue weighted by atomic mass is 9.89. The zero-order valence-electron chi connectivity index (χ0n) is 17.1. The molecule has 2 heterocycles. The van der Waals surface area contributed by atoms with Crippen molar-refractivity contribution in [3.63, 3.8) is 0 Å². The number of halogens is 1. The van der Waals surface area contributed by atoms with E-state index in [1.54, 1.807) is 7.05 Å². The molecule has 1 aliphatic rings. The SMILES string of the molecule is CN=C(NCc1nnc(C)n1C)NCC1CCCOC1c1ccc(C)cc1.I. The molecule has 1 aliphatic heterocycles. The number of aromatic nitrogens is 3. The van der Waals surface area contributed by atoms with Crippen LogP contribution in [0.5, 0.6) is 0 Å². The van der Waals surface area contributed by atoms with E-state index in [4.69, 9.17) is 4.74 Å². The number of hydrogen-bond donors (Lipinski definition) is 2. The second kappa shape index (κ2) is 10.8. The number of aliphatic imine (C=N–C) groups is 1. The number of benzene rings is 1. The summed E-state index contributed by atoms with van der Waals surface area (Å²) in [6.07, 6.45) is 2.37. The van der Waals surface area contributed by atoms with E-state index < -0.39 is 0 Å². The highest BCUT2D eigenvalue weighted by Gasteiger charge is 2.27. The maximum Gasteiger partial charge on any atom is 0.191 e. The molecule has 2 aromatic rings. The van der Waals surface area contributed by atoms with Crippen LogP contribution in [0.4, 0.5) is 0 Å². The van der Waals surface area contributed by atoms with E-state index in [2.05, 4.69) is 57.0 Å². The fraction of sp³-hybridized carbons (Fsp3) is 0.550. The van der Waals surface area contributed by atoms with Crippen LogP contribution in [-0.2, 0) is 18.3 Å². The Labute approximate surface area is 184 Å². The molecule has 2 unspecified atom stereocenters. The van der Waals surface area contributed by atoms with Crippen molar-refractivity contribution in [2.45, 2.75) is 39.3 Å². The first-order valence-electron chi connectivity index (χ1n) is 9.56. The number of hydrogen-bond acceptors (Lipinski definition) is 4. The van der Waals surface area contributed by atoms with Crippen LogP contribution in [0.15, 0.2) is 29.3 Å². The lowest BCUT2D eigenvalue weighted by Crippen LogP contribution is -2.42. The zero-order chi connectivity index (χ0) is 19.2. The lowest BCUT2D eigenvalue weighted by molar-refractivity contribution is -0.0265. The van der Waals surface area contributed by atoms with Crippen LogP contribution >= 0.6 is 24.0 Å². The summed E-state index contributed by atoms with van der Waals surface area (Å²) in [7, 11) is 3.75. The van der Waals surface area contributed by atoms with Gasteiger partial charge in [0.15, 0.2) is 11.8 Å². The van der Waals surface area contributed by atoms with E-state index in [1.165, 1.54) is 11.1 Å². The van der Waals surface area contributed by atoms with Gasteiger partial charge in [-0.25, -0.2) is 0 Å². The van der Waals surface area contributed by atoms with Crippen molar-refractivity contribution in [2.75, 3.05) is 20.2 Å². The Balaban J connectivity index is 0.00000280. The van der Waals surface area contributed by atoms with Gasteiger partial charge in [0.1, 0.15) is 5.82 Å². The number of ether oxygens (including phenoxy) is 1. The summed E-state index contributed by atoms with van der Waals surface area (Å²) in [5.74, 6) is 2.96. The molecule has 0 bridgehead atoms. The fourth-order valence-corrected chi connectivity index (χ4v) is 3.39. The van der Waals surface area contributed by atoms with Crippen molar-refractivity contribution in [1.29, 1.82) is 0 Å². The Bertz CT molecular complexity index is 774. The van der Waals surface area contributed by atoms with Gasteiger partial charge in [-0.2, -0.15) is 0 Å². The molecule has 8 heteroatoms. The maximum absolute atomic E-state index is 6.11. The monoisotopic (exact) mass is 498 g/mol. The van der Waals surface area contributed by atoms with E-state index in [0.717, 1.165) is 43.6 Å². The lowest BCUT2D eigenvalue weighted by Gasteiger charge is -2.32. The summed E-state index contributed by atoms with van der Waals surface area (Å²) in [5, 5.41) is 15.0. The highest BCUT2D eigenvalue weighted by molar-refractivity contribution is 14.0. The van der Waals surface area contributed by atoms with Crippen LogP contribution in [-0.4, -0.2) is 40.9 Å². The van der Waals surface area contributed by atoms with Crippen LogP contribution in [0.2, 0.25) is 0 Å². The number of nitrogens with zero attached hydrogens (tertiary/aromatic N) is 4. The topological polar surface area (TPSA) is 76.4 Å². The molecular formula is C20H31IN6O. The van der Waals surface area contributed by atoms with E-state index in [0.29, 0.717) is 12.5 Å². The first-order chi connectivity index (χ1) is 13.1. The van der Waals surface area contributed by atoms with Crippen LogP contribution in [0.1, 0.15) is 41.7 Å². The second-order valence-electron chi connectivity index (χ2n) is 7.13. The number of rotatable bonds is 5. The van der Waals surface area contributed by atoms with Crippen LogP contribution < -0.4 is 10.6 Å². The Morgan fingerprint density at radius 1 is 1.21 bits per heavy atom. The smallest absolute Gasteiger partial charge is 0.191 e. The third kappa shape index (κ3) is 5.66. The molecule has 1 aromatic heterocycles. The Kier molecular flexibility index (Phi) is 8.68. The summed E-state index contributed by atoms with van der Waals surface area (Å²) in [4.78, 5) is 4.33. The number of aryl methyl sites for hydroxylation is 2. The molecule has 1 fully saturated rings. The third-order valence-corrected chi connectivity index (χ3v) is 5.20. The molecule has 28 heavy (non-hydrogen) atoms. The molecule has 154 valence electrons. The molecule has 0 saturated carbocycles. The van der Waals surface area contributed by atoms with E-state index in [-0.39, 0.29) is 30.1 Å². The first kappa shape index (κ1) is 22.6. The molecule has 0 spiro atoms. The predicted molar refractivity (Wildman–Crippen MR) is 122 cm³/mol.